The van der Waals surface area contributed by atoms with Crippen molar-refractivity contribution in [3.63, 3.8) is 0 Å². The molecule has 0 atom stereocenters. The van der Waals surface area contributed by atoms with Crippen molar-refractivity contribution in [2.75, 3.05) is 5.32 Å². The Morgan fingerprint density at radius 1 is 1.10 bits per heavy atom. The van der Waals surface area contributed by atoms with Crippen molar-refractivity contribution in [1.29, 1.82) is 0 Å². The van der Waals surface area contributed by atoms with Gasteiger partial charge in [-0.05, 0) is 66.8 Å². The van der Waals surface area contributed by atoms with Crippen LogP contribution in [0.4, 0.5) is 18.9 Å². The van der Waals surface area contributed by atoms with Crippen LogP contribution >= 0.6 is 0 Å². The molecular formula is C28H22F3N7O. The Balaban J connectivity index is 1.35. The fourth-order valence-corrected chi connectivity index (χ4v) is 3.85. The number of alkyl halides is 3. The third-order valence-corrected chi connectivity index (χ3v) is 5.97. The number of rotatable bonds is 4. The van der Waals surface area contributed by atoms with Crippen LogP contribution in [-0.2, 0) is 12.7 Å². The SMILES string of the molecule is CC1=CNN(Cc2ccc(NC(=O)c3ccc(C)c(C#Cc4cnc5[nH]ncc5n4)c3)cc2C(F)(F)F)C=C1. The Kier molecular flexibility index (Phi) is 6.77. The van der Waals surface area contributed by atoms with Gasteiger partial charge in [-0.3, -0.25) is 14.9 Å². The molecule has 0 unspecified atom stereocenters. The third-order valence-electron chi connectivity index (χ3n) is 5.97. The Morgan fingerprint density at radius 2 is 1.95 bits per heavy atom. The zero-order chi connectivity index (χ0) is 27.6. The van der Waals surface area contributed by atoms with E-state index in [4.69, 9.17) is 0 Å². The van der Waals surface area contributed by atoms with Crippen LogP contribution < -0.4 is 10.7 Å². The summed E-state index contributed by atoms with van der Waals surface area (Å²) in [5.41, 5.74) is 6.36. The van der Waals surface area contributed by atoms with Gasteiger partial charge in [-0.25, -0.2) is 9.97 Å². The summed E-state index contributed by atoms with van der Waals surface area (Å²) in [6.07, 6.45) is 3.62. The first kappa shape index (κ1) is 25.5. The minimum atomic E-state index is -4.60. The van der Waals surface area contributed by atoms with Crippen molar-refractivity contribution in [3.05, 3.63) is 106 Å². The van der Waals surface area contributed by atoms with E-state index in [1.54, 1.807) is 47.9 Å². The van der Waals surface area contributed by atoms with Gasteiger partial charge in [0.05, 0.1) is 24.5 Å². The molecule has 196 valence electrons. The number of aromatic nitrogens is 4. The molecule has 39 heavy (non-hydrogen) atoms. The molecule has 2 aromatic heterocycles. The molecule has 8 nitrogen and oxygen atoms in total. The van der Waals surface area contributed by atoms with Crippen LogP contribution in [0, 0.1) is 18.8 Å². The molecule has 0 saturated heterocycles. The van der Waals surface area contributed by atoms with E-state index in [1.807, 2.05) is 13.8 Å². The van der Waals surface area contributed by atoms with Gasteiger partial charge in [0, 0.05) is 29.2 Å². The van der Waals surface area contributed by atoms with Crippen LogP contribution in [0.2, 0.25) is 0 Å². The summed E-state index contributed by atoms with van der Waals surface area (Å²) in [7, 11) is 0. The van der Waals surface area contributed by atoms with Gasteiger partial charge in [0.25, 0.3) is 5.91 Å². The van der Waals surface area contributed by atoms with Gasteiger partial charge in [-0.15, -0.1) is 0 Å². The second-order valence-corrected chi connectivity index (χ2v) is 8.92. The van der Waals surface area contributed by atoms with Crippen LogP contribution in [0.15, 0.2) is 72.8 Å². The van der Waals surface area contributed by atoms with Crippen molar-refractivity contribution in [3.8, 4) is 11.8 Å². The molecule has 2 aromatic carbocycles. The fourth-order valence-electron chi connectivity index (χ4n) is 3.85. The Hall–Kier alpha value is -5.11. The fraction of sp³-hybridized carbons (Fsp3) is 0.143. The van der Waals surface area contributed by atoms with Gasteiger partial charge >= 0.3 is 6.18 Å². The highest BCUT2D eigenvalue weighted by Gasteiger charge is 2.34. The lowest BCUT2D eigenvalue weighted by molar-refractivity contribution is -0.138. The number of hydrogen-bond donors (Lipinski definition) is 3. The van der Waals surface area contributed by atoms with Gasteiger partial charge in [-0.2, -0.15) is 18.3 Å². The molecule has 3 heterocycles. The van der Waals surface area contributed by atoms with Crippen LogP contribution in [0.5, 0.6) is 0 Å². The molecule has 4 aromatic rings. The number of carbonyl (C=O) groups excluding carboxylic acids is 1. The first-order valence-electron chi connectivity index (χ1n) is 11.8. The number of H-pyrrole nitrogens is 1. The number of fused-ring (bicyclic) bond motifs is 1. The molecule has 1 amide bonds. The van der Waals surface area contributed by atoms with Gasteiger partial charge in [0.15, 0.2) is 5.65 Å². The first-order valence-corrected chi connectivity index (χ1v) is 11.8. The summed E-state index contributed by atoms with van der Waals surface area (Å²) in [5.74, 6) is 5.36. The first-order chi connectivity index (χ1) is 18.7. The molecule has 1 aliphatic heterocycles. The average Bonchev–Trinajstić information content (AvgIpc) is 3.38. The molecule has 11 heteroatoms. The molecule has 0 bridgehead atoms. The number of aryl methyl sites for hydroxylation is 1. The molecule has 0 saturated carbocycles. The van der Waals surface area contributed by atoms with Crippen molar-refractivity contribution >= 4 is 22.8 Å². The van der Waals surface area contributed by atoms with Gasteiger partial charge in [0.1, 0.15) is 11.2 Å². The molecule has 3 N–H and O–H groups in total. The number of nitrogens with zero attached hydrogens (tertiary/aromatic N) is 4. The predicted octanol–water partition coefficient (Wildman–Crippen LogP) is 5.07. The Morgan fingerprint density at radius 3 is 2.72 bits per heavy atom. The van der Waals surface area contributed by atoms with Crippen LogP contribution in [0.3, 0.4) is 0 Å². The highest BCUT2D eigenvalue weighted by atomic mass is 19.4. The van der Waals surface area contributed by atoms with Gasteiger partial charge < -0.3 is 10.7 Å². The third kappa shape index (κ3) is 5.91. The van der Waals surface area contributed by atoms with E-state index >= 15 is 0 Å². The van der Waals surface area contributed by atoms with E-state index in [0.29, 0.717) is 22.4 Å². The maximum absolute atomic E-state index is 13.9. The zero-order valence-corrected chi connectivity index (χ0v) is 20.9. The summed E-state index contributed by atoms with van der Waals surface area (Å²) < 4.78 is 41.6. The van der Waals surface area contributed by atoms with E-state index in [0.717, 1.165) is 17.2 Å². The minimum absolute atomic E-state index is 0.0126. The summed E-state index contributed by atoms with van der Waals surface area (Å²) in [6, 6.07) is 8.67. The Bertz CT molecular complexity index is 1690. The maximum Gasteiger partial charge on any atom is 0.416 e. The van der Waals surface area contributed by atoms with Crippen molar-refractivity contribution < 1.29 is 18.0 Å². The summed E-state index contributed by atoms with van der Waals surface area (Å²) in [6.45, 7) is 3.70. The number of allylic oxidation sites excluding steroid dienone is 2. The average molecular weight is 530 g/mol. The van der Waals surface area contributed by atoms with E-state index < -0.39 is 17.6 Å². The highest BCUT2D eigenvalue weighted by Crippen LogP contribution is 2.34. The number of benzene rings is 2. The Labute approximate surface area is 221 Å². The molecule has 0 radical (unpaired) electrons. The van der Waals surface area contributed by atoms with Crippen LogP contribution in [0.25, 0.3) is 11.2 Å². The quantitative estimate of drug-likeness (QED) is 0.320. The lowest BCUT2D eigenvalue weighted by atomic mass is 10.0. The summed E-state index contributed by atoms with van der Waals surface area (Å²) >= 11 is 0. The van der Waals surface area contributed by atoms with Gasteiger partial charge in [0.2, 0.25) is 0 Å². The zero-order valence-electron chi connectivity index (χ0n) is 20.9. The molecule has 5 rings (SSSR count). The second-order valence-electron chi connectivity index (χ2n) is 8.92. The van der Waals surface area contributed by atoms with Crippen molar-refractivity contribution in [2.45, 2.75) is 26.6 Å². The number of halogens is 3. The number of aromatic amines is 1. The number of hydrazine groups is 1. The molecular weight excluding hydrogens is 507 g/mol. The van der Waals surface area contributed by atoms with E-state index in [1.165, 1.54) is 18.3 Å². The molecule has 1 aliphatic rings. The number of carbonyl (C=O) groups is 1. The standard InChI is InChI=1S/C28H22F3N7O/c1-17-9-10-38(34-13-17)16-21-6-7-22(12-24(21)28(29,30)31)36-27(39)20-4-3-18(2)19(11-20)5-8-23-14-32-26-25(35-23)15-33-37-26/h3-4,6-7,9-15,34H,16H2,1-2H3,(H,36,39)(H,32,33,37). The summed E-state index contributed by atoms with van der Waals surface area (Å²) in [5, 5.41) is 10.7. The van der Waals surface area contributed by atoms with E-state index in [2.05, 4.69) is 42.7 Å². The smallest absolute Gasteiger partial charge is 0.322 e. The molecule has 0 aliphatic carbocycles. The van der Waals surface area contributed by atoms with Crippen LogP contribution in [0.1, 0.15) is 45.2 Å². The number of amides is 1. The van der Waals surface area contributed by atoms with Crippen molar-refractivity contribution in [1.82, 2.24) is 30.6 Å². The maximum atomic E-state index is 13.9. The number of nitrogens with one attached hydrogen (secondary N) is 3. The topological polar surface area (TPSA) is 98.8 Å². The largest absolute Gasteiger partial charge is 0.416 e. The monoisotopic (exact) mass is 529 g/mol. The van der Waals surface area contributed by atoms with E-state index in [-0.39, 0.29) is 23.4 Å². The van der Waals surface area contributed by atoms with Gasteiger partial charge in [-0.1, -0.05) is 18.1 Å². The second kappa shape index (κ2) is 10.3. The summed E-state index contributed by atoms with van der Waals surface area (Å²) in [4.78, 5) is 21.5. The van der Waals surface area contributed by atoms with E-state index in [9.17, 15) is 18.0 Å². The number of anilines is 1. The minimum Gasteiger partial charge on any atom is -0.322 e. The number of hydrogen-bond acceptors (Lipinski definition) is 6. The predicted molar refractivity (Wildman–Crippen MR) is 140 cm³/mol. The molecule has 0 spiro atoms. The normalized spacial score (nSPS) is 12.9. The highest BCUT2D eigenvalue weighted by molar-refractivity contribution is 6.04. The van der Waals surface area contributed by atoms with Crippen molar-refractivity contribution in [2.24, 2.45) is 0 Å². The molecule has 0 fully saturated rings. The van der Waals surface area contributed by atoms with Crippen LogP contribution in [-0.4, -0.2) is 31.1 Å². The lowest BCUT2D eigenvalue weighted by Crippen LogP contribution is -2.31. The lowest BCUT2D eigenvalue weighted by Gasteiger charge is -2.25.